The van der Waals surface area contributed by atoms with Crippen LogP contribution in [0.4, 0.5) is 8.78 Å². The first kappa shape index (κ1) is 19.2. The second kappa shape index (κ2) is 9.42. The standard InChI is InChI=1S/C19H21F2NO2S/c1-22(13-14-6-3-4-7-17(14)24-2)19(23)8-5-11-25-18-10-9-15(20)12-16(18)21/h3-4,6-7,9-10,12H,5,8,11,13H2,1-2H3. The molecule has 0 saturated carbocycles. The smallest absolute Gasteiger partial charge is 0.222 e. The third kappa shape index (κ3) is 5.74. The monoisotopic (exact) mass is 365 g/mol. The van der Waals surface area contributed by atoms with Gasteiger partial charge in [-0.05, 0) is 30.4 Å². The summed E-state index contributed by atoms with van der Waals surface area (Å²) in [4.78, 5) is 14.3. The number of hydrogen-bond donors (Lipinski definition) is 0. The zero-order chi connectivity index (χ0) is 18.2. The van der Waals surface area contributed by atoms with E-state index in [2.05, 4.69) is 0 Å². The van der Waals surface area contributed by atoms with Crippen LogP contribution in [0.1, 0.15) is 18.4 Å². The molecular weight excluding hydrogens is 344 g/mol. The summed E-state index contributed by atoms with van der Waals surface area (Å²) in [6.07, 6.45) is 0.998. The van der Waals surface area contributed by atoms with Crippen LogP contribution in [0.2, 0.25) is 0 Å². The summed E-state index contributed by atoms with van der Waals surface area (Å²) < 4.78 is 31.7. The van der Waals surface area contributed by atoms with Gasteiger partial charge in [-0.25, -0.2) is 8.78 Å². The Morgan fingerprint density at radius 2 is 1.96 bits per heavy atom. The largest absolute Gasteiger partial charge is 0.496 e. The number of thioether (sulfide) groups is 1. The molecule has 0 N–H and O–H groups in total. The van der Waals surface area contributed by atoms with Gasteiger partial charge in [0.05, 0.1) is 7.11 Å². The van der Waals surface area contributed by atoms with Gasteiger partial charge in [0.1, 0.15) is 17.4 Å². The number of halogens is 2. The van der Waals surface area contributed by atoms with Crippen molar-refractivity contribution in [3.8, 4) is 5.75 Å². The van der Waals surface area contributed by atoms with Crippen LogP contribution in [0, 0.1) is 11.6 Å². The van der Waals surface area contributed by atoms with E-state index in [0.29, 0.717) is 30.0 Å². The summed E-state index contributed by atoms with van der Waals surface area (Å²) in [5.74, 6) is 0.215. The molecule has 0 aliphatic heterocycles. The lowest BCUT2D eigenvalue weighted by Crippen LogP contribution is -2.26. The van der Waals surface area contributed by atoms with E-state index in [1.807, 2.05) is 24.3 Å². The Bertz CT molecular complexity index is 724. The number of methoxy groups -OCH3 is 1. The predicted octanol–water partition coefficient (Wildman–Crippen LogP) is 4.50. The van der Waals surface area contributed by atoms with E-state index in [4.69, 9.17) is 4.74 Å². The Morgan fingerprint density at radius 1 is 1.20 bits per heavy atom. The SMILES string of the molecule is COc1ccccc1CN(C)C(=O)CCCSc1ccc(F)cc1F. The first-order valence-electron chi connectivity index (χ1n) is 7.95. The van der Waals surface area contributed by atoms with Gasteiger partial charge in [-0.15, -0.1) is 11.8 Å². The molecule has 1 amide bonds. The average molecular weight is 365 g/mol. The fraction of sp³-hybridized carbons (Fsp3) is 0.316. The molecule has 0 aliphatic carbocycles. The minimum Gasteiger partial charge on any atom is -0.496 e. The molecule has 3 nitrogen and oxygen atoms in total. The van der Waals surface area contributed by atoms with Gasteiger partial charge in [0.25, 0.3) is 0 Å². The van der Waals surface area contributed by atoms with E-state index < -0.39 is 11.6 Å². The number of carbonyl (C=O) groups excluding carboxylic acids is 1. The number of para-hydroxylation sites is 1. The van der Waals surface area contributed by atoms with Gasteiger partial charge >= 0.3 is 0 Å². The van der Waals surface area contributed by atoms with Crippen molar-refractivity contribution in [3.05, 3.63) is 59.7 Å². The fourth-order valence-electron chi connectivity index (χ4n) is 2.37. The maximum absolute atomic E-state index is 13.5. The first-order valence-corrected chi connectivity index (χ1v) is 8.93. The summed E-state index contributed by atoms with van der Waals surface area (Å²) >= 11 is 1.29. The highest BCUT2D eigenvalue weighted by Crippen LogP contribution is 2.24. The fourth-order valence-corrected chi connectivity index (χ4v) is 3.24. The summed E-state index contributed by atoms with van der Waals surface area (Å²) in [5, 5.41) is 0. The quantitative estimate of drug-likeness (QED) is 0.509. The molecular formula is C19H21F2NO2S. The van der Waals surface area contributed by atoms with Crippen molar-refractivity contribution in [2.45, 2.75) is 24.3 Å². The average Bonchev–Trinajstić information content (AvgIpc) is 2.60. The summed E-state index contributed by atoms with van der Waals surface area (Å²) in [5.41, 5.74) is 0.948. The van der Waals surface area contributed by atoms with Gasteiger partial charge in [0.2, 0.25) is 5.91 Å². The number of rotatable bonds is 8. The molecule has 0 atom stereocenters. The number of amides is 1. The van der Waals surface area contributed by atoms with Crippen LogP contribution in [-0.4, -0.2) is 30.7 Å². The molecule has 0 spiro atoms. The Balaban J connectivity index is 1.77. The molecule has 0 saturated heterocycles. The number of hydrogen-bond acceptors (Lipinski definition) is 3. The van der Waals surface area contributed by atoms with E-state index in [9.17, 15) is 13.6 Å². The van der Waals surface area contributed by atoms with Crippen molar-refractivity contribution in [1.29, 1.82) is 0 Å². The third-order valence-electron chi connectivity index (χ3n) is 3.71. The van der Waals surface area contributed by atoms with Crippen LogP contribution >= 0.6 is 11.8 Å². The number of ether oxygens (including phenoxy) is 1. The Kier molecular flexibility index (Phi) is 7.25. The van der Waals surface area contributed by atoms with Crippen LogP contribution in [0.15, 0.2) is 47.4 Å². The van der Waals surface area contributed by atoms with Crippen LogP contribution in [0.3, 0.4) is 0 Å². The molecule has 0 heterocycles. The molecule has 2 aromatic rings. The summed E-state index contributed by atoms with van der Waals surface area (Å²) in [7, 11) is 3.36. The summed E-state index contributed by atoms with van der Waals surface area (Å²) in [6, 6.07) is 11.1. The van der Waals surface area contributed by atoms with E-state index >= 15 is 0 Å². The second-order valence-corrected chi connectivity index (χ2v) is 6.73. The maximum atomic E-state index is 13.5. The molecule has 0 bridgehead atoms. The molecule has 0 unspecified atom stereocenters. The van der Waals surface area contributed by atoms with Gasteiger partial charge in [-0.2, -0.15) is 0 Å². The van der Waals surface area contributed by atoms with Crippen molar-refractivity contribution < 1.29 is 18.3 Å². The van der Waals surface area contributed by atoms with Gasteiger partial charge in [0, 0.05) is 36.5 Å². The lowest BCUT2D eigenvalue weighted by molar-refractivity contribution is -0.130. The third-order valence-corrected chi connectivity index (χ3v) is 4.85. The zero-order valence-corrected chi connectivity index (χ0v) is 15.1. The Hall–Kier alpha value is -2.08. The van der Waals surface area contributed by atoms with Crippen LogP contribution in [-0.2, 0) is 11.3 Å². The van der Waals surface area contributed by atoms with Crippen LogP contribution < -0.4 is 4.74 Å². The van der Waals surface area contributed by atoms with Gasteiger partial charge in [-0.3, -0.25) is 4.79 Å². The summed E-state index contributed by atoms with van der Waals surface area (Å²) in [6.45, 7) is 0.475. The van der Waals surface area contributed by atoms with Gasteiger partial charge in [0.15, 0.2) is 0 Å². The number of carbonyl (C=O) groups is 1. The molecule has 2 rings (SSSR count). The predicted molar refractivity (Wildman–Crippen MR) is 95.8 cm³/mol. The lowest BCUT2D eigenvalue weighted by atomic mass is 10.2. The second-order valence-electron chi connectivity index (χ2n) is 5.59. The molecule has 2 aromatic carbocycles. The van der Waals surface area contributed by atoms with Crippen molar-refractivity contribution in [1.82, 2.24) is 4.90 Å². The normalized spacial score (nSPS) is 10.6. The molecule has 134 valence electrons. The molecule has 25 heavy (non-hydrogen) atoms. The molecule has 6 heteroatoms. The van der Waals surface area contributed by atoms with E-state index in [0.717, 1.165) is 17.4 Å². The lowest BCUT2D eigenvalue weighted by Gasteiger charge is -2.18. The highest BCUT2D eigenvalue weighted by Gasteiger charge is 2.12. The Morgan fingerprint density at radius 3 is 2.68 bits per heavy atom. The highest BCUT2D eigenvalue weighted by atomic mass is 32.2. The van der Waals surface area contributed by atoms with Crippen molar-refractivity contribution in [2.75, 3.05) is 19.9 Å². The van der Waals surface area contributed by atoms with Crippen molar-refractivity contribution in [3.63, 3.8) is 0 Å². The van der Waals surface area contributed by atoms with Gasteiger partial charge < -0.3 is 9.64 Å². The molecule has 0 fully saturated rings. The minimum atomic E-state index is -0.588. The first-order chi connectivity index (χ1) is 12.0. The van der Waals surface area contributed by atoms with Gasteiger partial charge in [-0.1, -0.05) is 18.2 Å². The molecule has 0 radical (unpaired) electrons. The van der Waals surface area contributed by atoms with Crippen molar-refractivity contribution >= 4 is 17.7 Å². The zero-order valence-electron chi connectivity index (χ0n) is 14.3. The van der Waals surface area contributed by atoms with E-state index in [1.165, 1.54) is 23.9 Å². The van der Waals surface area contributed by atoms with E-state index in [1.54, 1.807) is 19.1 Å². The van der Waals surface area contributed by atoms with Crippen LogP contribution in [0.5, 0.6) is 5.75 Å². The van der Waals surface area contributed by atoms with Crippen LogP contribution in [0.25, 0.3) is 0 Å². The topological polar surface area (TPSA) is 29.5 Å². The Labute approximate surface area is 151 Å². The minimum absolute atomic E-state index is 0.0195. The number of nitrogens with zero attached hydrogens (tertiary/aromatic N) is 1. The maximum Gasteiger partial charge on any atom is 0.222 e. The number of benzene rings is 2. The molecule has 0 aliphatic rings. The van der Waals surface area contributed by atoms with E-state index in [-0.39, 0.29) is 5.91 Å². The highest BCUT2D eigenvalue weighted by molar-refractivity contribution is 7.99. The molecule has 0 aromatic heterocycles. The van der Waals surface area contributed by atoms with Crippen molar-refractivity contribution in [2.24, 2.45) is 0 Å².